The number of carboxylic acids is 1. The maximum Gasteiger partial charge on any atom is 0.311 e. The van der Waals surface area contributed by atoms with Crippen LogP contribution in [0.5, 0.6) is 0 Å². The summed E-state index contributed by atoms with van der Waals surface area (Å²) in [5, 5.41) is 8.64. The second-order valence-corrected chi connectivity index (χ2v) is 3.44. The van der Waals surface area contributed by atoms with Crippen molar-refractivity contribution in [2.75, 3.05) is 0 Å². The quantitative estimate of drug-likeness (QED) is 0.877. The van der Waals surface area contributed by atoms with E-state index in [2.05, 4.69) is 9.97 Å². The number of hydrogen-bond acceptors (Lipinski definition) is 3. The van der Waals surface area contributed by atoms with Crippen LogP contribution in [0.1, 0.15) is 5.82 Å². The van der Waals surface area contributed by atoms with Gasteiger partial charge in [-0.05, 0) is 30.3 Å². The lowest BCUT2D eigenvalue weighted by atomic mass is 10.1. The van der Waals surface area contributed by atoms with Crippen LogP contribution in [-0.4, -0.2) is 21.0 Å². The Kier molecular flexibility index (Phi) is 3.09. The lowest BCUT2D eigenvalue weighted by molar-refractivity contribution is -0.136. The van der Waals surface area contributed by atoms with Gasteiger partial charge in [0.25, 0.3) is 0 Å². The van der Waals surface area contributed by atoms with E-state index in [0.717, 1.165) is 5.56 Å². The zero-order valence-electron chi connectivity index (χ0n) is 8.80. The molecule has 1 N–H and O–H groups in total. The summed E-state index contributed by atoms with van der Waals surface area (Å²) in [6.45, 7) is 0. The van der Waals surface area contributed by atoms with E-state index in [4.69, 9.17) is 5.11 Å². The van der Waals surface area contributed by atoms with Crippen LogP contribution >= 0.6 is 0 Å². The van der Waals surface area contributed by atoms with Crippen molar-refractivity contribution in [2.24, 2.45) is 0 Å². The molecule has 4 nitrogen and oxygen atoms in total. The van der Waals surface area contributed by atoms with E-state index in [9.17, 15) is 9.18 Å². The number of rotatable bonds is 3. The molecule has 2 rings (SSSR count). The molecule has 0 aliphatic carbocycles. The monoisotopic (exact) mass is 232 g/mol. The average Bonchev–Trinajstić information content (AvgIpc) is 2.29. The highest BCUT2D eigenvalue weighted by Gasteiger charge is 2.06. The Morgan fingerprint density at radius 1 is 1.24 bits per heavy atom. The molecule has 0 fully saturated rings. The lowest BCUT2D eigenvalue weighted by Gasteiger charge is -2.02. The number of aromatic nitrogens is 2. The zero-order chi connectivity index (χ0) is 12.3. The zero-order valence-corrected chi connectivity index (χ0v) is 8.80. The van der Waals surface area contributed by atoms with E-state index >= 15 is 0 Å². The number of carbonyl (C=O) groups is 1. The third-order valence-electron chi connectivity index (χ3n) is 2.15. The first-order valence-corrected chi connectivity index (χ1v) is 4.95. The van der Waals surface area contributed by atoms with Crippen LogP contribution in [0.25, 0.3) is 11.3 Å². The van der Waals surface area contributed by atoms with E-state index in [1.165, 1.54) is 18.3 Å². The van der Waals surface area contributed by atoms with Crippen LogP contribution in [0.15, 0.2) is 36.5 Å². The number of hydrogen-bond donors (Lipinski definition) is 1. The highest BCUT2D eigenvalue weighted by Crippen LogP contribution is 2.16. The predicted molar refractivity (Wildman–Crippen MR) is 58.8 cm³/mol. The van der Waals surface area contributed by atoms with Crippen molar-refractivity contribution in [2.45, 2.75) is 6.42 Å². The van der Waals surface area contributed by atoms with Crippen LogP contribution in [-0.2, 0) is 11.2 Å². The summed E-state index contributed by atoms with van der Waals surface area (Å²) in [6.07, 6.45) is 1.26. The Labute approximate surface area is 96.8 Å². The van der Waals surface area contributed by atoms with Crippen LogP contribution in [0.2, 0.25) is 0 Å². The molecule has 5 heteroatoms. The van der Waals surface area contributed by atoms with E-state index in [1.807, 2.05) is 0 Å². The molecule has 0 unspecified atom stereocenters. The van der Waals surface area contributed by atoms with Gasteiger partial charge in [-0.3, -0.25) is 4.79 Å². The first-order chi connectivity index (χ1) is 8.15. The fraction of sp³-hybridized carbons (Fsp3) is 0.0833. The molecule has 0 aliphatic rings. The molecular formula is C12H9FN2O2. The van der Waals surface area contributed by atoms with Crippen molar-refractivity contribution in [3.63, 3.8) is 0 Å². The second kappa shape index (κ2) is 4.69. The van der Waals surface area contributed by atoms with Gasteiger partial charge >= 0.3 is 5.97 Å². The minimum atomic E-state index is -0.985. The molecule has 0 radical (unpaired) electrons. The third-order valence-corrected chi connectivity index (χ3v) is 2.15. The van der Waals surface area contributed by atoms with Gasteiger partial charge in [-0.15, -0.1) is 0 Å². The topological polar surface area (TPSA) is 63.1 Å². The number of aliphatic carboxylic acids is 1. The molecule has 17 heavy (non-hydrogen) atoms. The summed E-state index contributed by atoms with van der Waals surface area (Å²) in [7, 11) is 0. The van der Waals surface area contributed by atoms with Gasteiger partial charge in [-0.25, -0.2) is 14.4 Å². The van der Waals surface area contributed by atoms with Crippen LogP contribution < -0.4 is 0 Å². The molecule has 1 aromatic carbocycles. The molecule has 0 bridgehead atoms. The van der Waals surface area contributed by atoms with Gasteiger partial charge in [-0.2, -0.15) is 0 Å². The van der Waals surface area contributed by atoms with Gasteiger partial charge in [0.05, 0.1) is 5.69 Å². The second-order valence-electron chi connectivity index (χ2n) is 3.44. The van der Waals surface area contributed by atoms with Crippen molar-refractivity contribution < 1.29 is 14.3 Å². The molecule has 0 atom stereocenters. The van der Waals surface area contributed by atoms with Crippen molar-refractivity contribution >= 4 is 5.97 Å². The average molecular weight is 232 g/mol. The van der Waals surface area contributed by atoms with Crippen LogP contribution in [0, 0.1) is 5.82 Å². The Morgan fingerprint density at radius 2 is 1.94 bits per heavy atom. The first kappa shape index (κ1) is 11.2. The number of nitrogens with zero attached hydrogens (tertiary/aromatic N) is 2. The minimum Gasteiger partial charge on any atom is -0.481 e. The fourth-order valence-electron chi connectivity index (χ4n) is 1.40. The van der Waals surface area contributed by atoms with Crippen molar-refractivity contribution in [1.82, 2.24) is 9.97 Å². The predicted octanol–water partition coefficient (Wildman–Crippen LogP) is 1.91. The van der Waals surface area contributed by atoms with E-state index in [-0.39, 0.29) is 18.1 Å². The number of benzene rings is 1. The largest absolute Gasteiger partial charge is 0.481 e. The normalized spacial score (nSPS) is 10.2. The third kappa shape index (κ3) is 2.84. The molecule has 0 saturated heterocycles. The summed E-state index contributed by atoms with van der Waals surface area (Å²) in [6, 6.07) is 7.48. The minimum absolute atomic E-state index is 0.227. The van der Waals surface area contributed by atoms with Gasteiger partial charge in [-0.1, -0.05) is 0 Å². The fourth-order valence-corrected chi connectivity index (χ4v) is 1.40. The summed E-state index contributed by atoms with van der Waals surface area (Å²) in [4.78, 5) is 18.5. The van der Waals surface area contributed by atoms with Gasteiger partial charge in [0.15, 0.2) is 0 Å². The van der Waals surface area contributed by atoms with Gasteiger partial charge < -0.3 is 5.11 Å². The Bertz CT molecular complexity index is 540. The summed E-state index contributed by atoms with van der Waals surface area (Å²) >= 11 is 0. The van der Waals surface area contributed by atoms with E-state index < -0.39 is 5.97 Å². The van der Waals surface area contributed by atoms with Gasteiger partial charge in [0.1, 0.15) is 18.1 Å². The summed E-state index contributed by atoms with van der Waals surface area (Å²) in [5.41, 5.74) is 1.30. The van der Waals surface area contributed by atoms with Gasteiger partial charge in [0, 0.05) is 11.8 Å². The van der Waals surface area contributed by atoms with Crippen molar-refractivity contribution in [3.8, 4) is 11.3 Å². The molecule has 2 aromatic rings. The smallest absolute Gasteiger partial charge is 0.311 e. The number of carboxylic acid groups (broad SMARTS) is 1. The molecule has 86 valence electrons. The summed E-state index contributed by atoms with van der Waals surface area (Å²) in [5.74, 6) is -1.07. The standard InChI is InChI=1S/C12H9FN2O2/c13-9-3-1-8(2-4-9)10-5-6-14-11(15-10)7-12(16)17/h1-6H,7H2,(H,16,17). The molecular weight excluding hydrogens is 223 g/mol. The summed E-state index contributed by atoms with van der Waals surface area (Å²) < 4.78 is 12.7. The maximum atomic E-state index is 12.7. The lowest BCUT2D eigenvalue weighted by Crippen LogP contribution is -2.05. The highest BCUT2D eigenvalue weighted by molar-refractivity contribution is 5.69. The molecule has 0 amide bonds. The Morgan fingerprint density at radius 3 is 2.59 bits per heavy atom. The SMILES string of the molecule is O=C(O)Cc1nccc(-c2ccc(F)cc2)n1. The van der Waals surface area contributed by atoms with Crippen LogP contribution in [0.4, 0.5) is 4.39 Å². The molecule has 0 saturated carbocycles. The molecule has 0 aliphatic heterocycles. The number of halogens is 1. The Balaban J connectivity index is 2.32. The van der Waals surface area contributed by atoms with Crippen molar-refractivity contribution in [3.05, 3.63) is 48.2 Å². The van der Waals surface area contributed by atoms with E-state index in [1.54, 1.807) is 18.2 Å². The molecule has 1 aromatic heterocycles. The van der Waals surface area contributed by atoms with E-state index in [0.29, 0.717) is 5.69 Å². The maximum absolute atomic E-state index is 12.7. The van der Waals surface area contributed by atoms with Crippen LogP contribution in [0.3, 0.4) is 0 Å². The first-order valence-electron chi connectivity index (χ1n) is 4.95. The van der Waals surface area contributed by atoms with Crippen molar-refractivity contribution in [1.29, 1.82) is 0 Å². The molecule has 0 spiro atoms. The highest BCUT2D eigenvalue weighted by atomic mass is 19.1. The molecule has 1 heterocycles. The Hall–Kier alpha value is -2.30. The van der Waals surface area contributed by atoms with Gasteiger partial charge in [0.2, 0.25) is 0 Å².